The number of thiazole rings is 1. The van der Waals surface area contributed by atoms with E-state index in [0.717, 1.165) is 15.1 Å². The van der Waals surface area contributed by atoms with Gasteiger partial charge >= 0.3 is 6.18 Å². The first kappa shape index (κ1) is 20.9. The fourth-order valence-electron chi connectivity index (χ4n) is 3.37. The summed E-state index contributed by atoms with van der Waals surface area (Å²) in [6.07, 6.45) is -3.18. The number of aryl methyl sites for hydroxylation is 1. The first-order valence-electron chi connectivity index (χ1n) is 9.49. The van der Waals surface area contributed by atoms with Crippen LogP contribution in [-0.2, 0) is 24.4 Å². The summed E-state index contributed by atoms with van der Waals surface area (Å²) in [5.74, 6) is 1.01. The molecule has 0 saturated carbocycles. The van der Waals surface area contributed by atoms with E-state index in [9.17, 15) is 13.2 Å². The summed E-state index contributed by atoms with van der Waals surface area (Å²) in [4.78, 5) is 22.7. The van der Waals surface area contributed by atoms with Gasteiger partial charge in [-0.2, -0.15) is 13.2 Å². The van der Waals surface area contributed by atoms with Gasteiger partial charge in [-0.3, -0.25) is 4.90 Å². The van der Waals surface area contributed by atoms with Crippen molar-refractivity contribution in [3.8, 4) is 0 Å². The summed E-state index contributed by atoms with van der Waals surface area (Å²) in [6, 6.07) is 0. The summed E-state index contributed by atoms with van der Waals surface area (Å²) in [5.41, 5.74) is 3.35. The molecule has 4 heterocycles. The second-order valence-corrected chi connectivity index (χ2v) is 8.20. The summed E-state index contributed by atoms with van der Waals surface area (Å²) in [7, 11) is 1.92. The van der Waals surface area contributed by atoms with Crippen LogP contribution >= 0.6 is 11.3 Å². The Labute approximate surface area is 175 Å². The zero-order chi connectivity index (χ0) is 21.3. The number of nitrogens with zero attached hydrogens (tertiary/aromatic N) is 7. The number of halogens is 3. The van der Waals surface area contributed by atoms with E-state index >= 15 is 0 Å². The minimum absolute atomic E-state index is 0.196. The van der Waals surface area contributed by atoms with Crippen LogP contribution in [0.2, 0.25) is 0 Å². The maximum absolute atomic E-state index is 13.0. The second-order valence-electron chi connectivity index (χ2n) is 7.26. The van der Waals surface area contributed by atoms with Crippen molar-refractivity contribution >= 4 is 28.3 Å². The number of imidazole rings is 1. The molecule has 0 radical (unpaired) electrons. The molecule has 0 unspecified atom stereocenters. The SMILES string of the molecule is Cc1ncsc1CN(C)Cc1nc(N2CCOCC2)c2ncn(CC(F)(F)F)c2n1. The Morgan fingerprint density at radius 3 is 2.60 bits per heavy atom. The molecule has 0 bridgehead atoms. The van der Waals surface area contributed by atoms with Gasteiger partial charge in [0, 0.05) is 24.5 Å². The van der Waals surface area contributed by atoms with Gasteiger partial charge in [0.25, 0.3) is 0 Å². The van der Waals surface area contributed by atoms with Gasteiger partial charge in [0.1, 0.15) is 12.4 Å². The Morgan fingerprint density at radius 2 is 1.93 bits per heavy atom. The van der Waals surface area contributed by atoms with Gasteiger partial charge in [0.05, 0.1) is 37.3 Å². The Kier molecular flexibility index (Phi) is 5.89. The number of aromatic nitrogens is 5. The van der Waals surface area contributed by atoms with E-state index in [2.05, 4.69) is 19.9 Å². The monoisotopic (exact) mass is 441 g/mol. The summed E-state index contributed by atoms with van der Waals surface area (Å²) >= 11 is 1.57. The van der Waals surface area contributed by atoms with Crippen LogP contribution in [0.4, 0.5) is 19.0 Å². The average Bonchev–Trinajstić information content (AvgIpc) is 3.27. The number of hydrogen-bond acceptors (Lipinski definition) is 8. The molecule has 3 aromatic rings. The van der Waals surface area contributed by atoms with Crippen molar-refractivity contribution in [2.24, 2.45) is 0 Å². The van der Waals surface area contributed by atoms with E-state index < -0.39 is 12.7 Å². The highest BCUT2D eigenvalue weighted by Gasteiger charge is 2.30. The standard InChI is InChI=1S/C18H22F3N7OS/c1-12-13(30-11-23-12)7-26(2)8-14-24-16(27-3-5-29-6-4-27)15-17(25-14)28(10-22-15)9-18(19,20)21/h10-11H,3-9H2,1-2H3. The molecule has 4 rings (SSSR count). The van der Waals surface area contributed by atoms with Gasteiger partial charge in [0.15, 0.2) is 17.0 Å². The van der Waals surface area contributed by atoms with Gasteiger partial charge in [0.2, 0.25) is 0 Å². The van der Waals surface area contributed by atoms with Gasteiger partial charge < -0.3 is 14.2 Å². The molecule has 3 aromatic heterocycles. The van der Waals surface area contributed by atoms with E-state index in [1.165, 1.54) is 6.33 Å². The molecule has 12 heteroatoms. The first-order chi connectivity index (χ1) is 14.3. The molecule has 1 aliphatic rings. The van der Waals surface area contributed by atoms with Crippen molar-refractivity contribution < 1.29 is 17.9 Å². The smallest absolute Gasteiger partial charge is 0.378 e. The number of alkyl halides is 3. The highest BCUT2D eigenvalue weighted by Crippen LogP contribution is 2.27. The molecule has 0 atom stereocenters. The zero-order valence-electron chi connectivity index (χ0n) is 16.7. The van der Waals surface area contributed by atoms with Crippen LogP contribution in [-0.4, -0.2) is 68.9 Å². The molecule has 0 aromatic carbocycles. The predicted octanol–water partition coefficient (Wildman–Crippen LogP) is 2.62. The average molecular weight is 441 g/mol. The van der Waals surface area contributed by atoms with E-state index in [-0.39, 0.29) is 5.65 Å². The highest BCUT2D eigenvalue weighted by atomic mass is 32.1. The van der Waals surface area contributed by atoms with Crippen LogP contribution in [0.1, 0.15) is 16.4 Å². The quantitative estimate of drug-likeness (QED) is 0.582. The number of fused-ring (bicyclic) bond motifs is 1. The third-order valence-electron chi connectivity index (χ3n) is 4.82. The fourth-order valence-corrected chi connectivity index (χ4v) is 4.23. The Bertz CT molecular complexity index is 1010. The first-order valence-corrected chi connectivity index (χ1v) is 10.4. The van der Waals surface area contributed by atoms with E-state index in [1.807, 2.05) is 23.8 Å². The maximum Gasteiger partial charge on any atom is 0.406 e. The molecular weight excluding hydrogens is 419 g/mol. The normalized spacial score (nSPS) is 15.5. The zero-order valence-corrected chi connectivity index (χ0v) is 17.5. The predicted molar refractivity (Wildman–Crippen MR) is 106 cm³/mol. The molecule has 30 heavy (non-hydrogen) atoms. The third kappa shape index (κ3) is 4.71. The lowest BCUT2D eigenvalue weighted by Gasteiger charge is -2.28. The maximum atomic E-state index is 13.0. The Morgan fingerprint density at radius 1 is 1.17 bits per heavy atom. The minimum atomic E-state index is -4.36. The highest BCUT2D eigenvalue weighted by molar-refractivity contribution is 7.09. The Balaban J connectivity index is 1.67. The number of rotatable bonds is 6. The molecule has 162 valence electrons. The number of morpholine rings is 1. The van der Waals surface area contributed by atoms with Crippen molar-refractivity contribution in [1.29, 1.82) is 0 Å². The van der Waals surface area contributed by atoms with Crippen LogP contribution in [0.5, 0.6) is 0 Å². The van der Waals surface area contributed by atoms with Crippen LogP contribution < -0.4 is 4.90 Å². The lowest BCUT2D eigenvalue weighted by molar-refractivity contribution is -0.140. The topological polar surface area (TPSA) is 72.2 Å². The summed E-state index contributed by atoms with van der Waals surface area (Å²) in [6.45, 7) is 4.14. The van der Waals surface area contributed by atoms with Crippen LogP contribution in [0.3, 0.4) is 0 Å². The summed E-state index contributed by atoms with van der Waals surface area (Å²) in [5, 5.41) is 0. The van der Waals surface area contributed by atoms with Crippen LogP contribution in [0.15, 0.2) is 11.8 Å². The van der Waals surface area contributed by atoms with Gasteiger partial charge in [-0.1, -0.05) is 0 Å². The van der Waals surface area contributed by atoms with Crippen molar-refractivity contribution in [3.05, 3.63) is 28.2 Å². The van der Waals surface area contributed by atoms with Gasteiger partial charge in [-0.15, -0.1) is 11.3 Å². The number of anilines is 1. The second kappa shape index (κ2) is 8.44. The molecule has 8 nitrogen and oxygen atoms in total. The molecule has 1 saturated heterocycles. The van der Waals surface area contributed by atoms with E-state index in [1.54, 1.807) is 16.8 Å². The van der Waals surface area contributed by atoms with E-state index in [0.29, 0.717) is 56.6 Å². The van der Waals surface area contributed by atoms with Crippen molar-refractivity contribution in [1.82, 2.24) is 29.4 Å². The molecular formula is C18H22F3N7OS. The third-order valence-corrected chi connectivity index (χ3v) is 5.74. The van der Waals surface area contributed by atoms with Gasteiger partial charge in [-0.05, 0) is 14.0 Å². The van der Waals surface area contributed by atoms with E-state index in [4.69, 9.17) is 4.74 Å². The molecule has 0 aliphatic carbocycles. The molecule has 1 fully saturated rings. The lowest BCUT2D eigenvalue weighted by atomic mass is 10.3. The molecule has 0 spiro atoms. The lowest BCUT2D eigenvalue weighted by Crippen LogP contribution is -2.37. The molecule has 1 aliphatic heterocycles. The largest absolute Gasteiger partial charge is 0.406 e. The van der Waals surface area contributed by atoms with Gasteiger partial charge in [-0.25, -0.2) is 19.9 Å². The molecule has 0 amide bonds. The fraction of sp³-hybridized carbons (Fsp3) is 0.556. The van der Waals surface area contributed by atoms with Crippen LogP contribution in [0.25, 0.3) is 11.2 Å². The Hall–Kier alpha value is -2.31. The van der Waals surface area contributed by atoms with Crippen LogP contribution in [0, 0.1) is 6.92 Å². The molecule has 0 N–H and O–H groups in total. The number of hydrogen-bond donors (Lipinski definition) is 0. The van der Waals surface area contributed by atoms with Crippen molar-refractivity contribution in [2.45, 2.75) is 32.7 Å². The van der Waals surface area contributed by atoms with Crippen molar-refractivity contribution in [3.63, 3.8) is 0 Å². The summed E-state index contributed by atoms with van der Waals surface area (Å²) < 4.78 is 45.5. The van der Waals surface area contributed by atoms with Crippen molar-refractivity contribution in [2.75, 3.05) is 38.3 Å². The minimum Gasteiger partial charge on any atom is -0.378 e. The number of ether oxygens (including phenoxy) is 1.